The zero-order valence-electron chi connectivity index (χ0n) is 11.6. The molecule has 1 heterocycles. The molecule has 6 heteroatoms. The summed E-state index contributed by atoms with van der Waals surface area (Å²) in [6.45, 7) is 2.76. The van der Waals surface area contributed by atoms with Crippen molar-refractivity contribution in [3.8, 4) is 0 Å². The minimum Gasteiger partial charge on any atom is -0.313 e. The third-order valence-corrected chi connectivity index (χ3v) is 3.21. The highest BCUT2D eigenvalue weighted by Crippen LogP contribution is 2.13. The van der Waals surface area contributed by atoms with E-state index in [1.54, 1.807) is 4.68 Å². The van der Waals surface area contributed by atoms with Gasteiger partial charge in [-0.2, -0.15) is 5.10 Å². The quantitative estimate of drug-likeness (QED) is 0.878. The standard InChI is InChI=1S/C14H18F2N4/c1-3-17-12(8-14-18-9-19-20(14)2)6-10-4-5-11(15)7-13(10)16/h4-5,7,9,12,17H,3,6,8H2,1-2H3. The van der Waals surface area contributed by atoms with Crippen LogP contribution in [0.1, 0.15) is 18.3 Å². The Morgan fingerprint density at radius 2 is 2.10 bits per heavy atom. The fourth-order valence-electron chi connectivity index (χ4n) is 2.18. The molecule has 20 heavy (non-hydrogen) atoms. The normalized spacial score (nSPS) is 12.6. The first-order valence-electron chi connectivity index (χ1n) is 6.60. The first-order chi connectivity index (χ1) is 9.60. The molecule has 2 aromatic rings. The smallest absolute Gasteiger partial charge is 0.138 e. The predicted molar refractivity (Wildman–Crippen MR) is 72.2 cm³/mol. The van der Waals surface area contributed by atoms with Gasteiger partial charge in [0.25, 0.3) is 0 Å². The van der Waals surface area contributed by atoms with E-state index in [2.05, 4.69) is 15.4 Å². The van der Waals surface area contributed by atoms with Gasteiger partial charge >= 0.3 is 0 Å². The van der Waals surface area contributed by atoms with Crippen LogP contribution in [0.5, 0.6) is 0 Å². The van der Waals surface area contributed by atoms with Crippen LogP contribution in [0.4, 0.5) is 8.78 Å². The van der Waals surface area contributed by atoms with Crippen LogP contribution in [0, 0.1) is 11.6 Å². The van der Waals surface area contributed by atoms with Crippen molar-refractivity contribution in [1.82, 2.24) is 20.1 Å². The number of hydrogen-bond acceptors (Lipinski definition) is 3. The fourth-order valence-corrected chi connectivity index (χ4v) is 2.18. The summed E-state index contributed by atoms with van der Waals surface area (Å²) in [7, 11) is 1.82. The summed E-state index contributed by atoms with van der Waals surface area (Å²) in [5, 5.41) is 7.32. The van der Waals surface area contributed by atoms with E-state index in [-0.39, 0.29) is 6.04 Å². The van der Waals surface area contributed by atoms with Crippen molar-refractivity contribution < 1.29 is 8.78 Å². The Kier molecular flexibility index (Phi) is 4.79. The summed E-state index contributed by atoms with van der Waals surface area (Å²) in [6, 6.07) is 3.72. The molecule has 1 aromatic carbocycles. The molecule has 1 unspecified atom stereocenters. The Morgan fingerprint density at radius 1 is 1.30 bits per heavy atom. The molecule has 4 nitrogen and oxygen atoms in total. The van der Waals surface area contributed by atoms with Crippen LogP contribution in [-0.4, -0.2) is 27.4 Å². The number of benzene rings is 1. The first kappa shape index (κ1) is 14.6. The minimum atomic E-state index is -0.556. The lowest BCUT2D eigenvalue weighted by Crippen LogP contribution is -2.34. The summed E-state index contributed by atoms with van der Waals surface area (Å²) >= 11 is 0. The lowest BCUT2D eigenvalue weighted by atomic mass is 10.0. The van der Waals surface area contributed by atoms with Crippen LogP contribution in [0.25, 0.3) is 0 Å². The number of nitrogens with zero attached hydrogens (tertiary/aromatic N) is 3. The van der Waals surface area contributed by atoms with Crippen molar-refractivity contribution >= 4 is 0 Å². The van der Waals surface area contributed by atoms with E-state index in [4.69, 9.17) is 0 Å². The number of nitrogens with one attached hydrogen (secondary N) is 1. The van der Waals surface area contributed by atoms with E-state index in [1.807, 2.05) is 14.0 Å². The maximum Gasteiger partial charge on any atom is 0.138 e. The summed E-state index contributed by atoms with van der Waals surface area (Å²) < 4.78 is 28.3. The van der Waals surface area contributed by atoms with E-state index < -0.39 is 11.6 Å². The zero-order valence-corrected chi connectivity index (χ0v) is 11.6. The van der Waals surface area contributed by atoms with E-state index in [0.29, 0.717) is 18.4 Å². The molecule has 2 rings (SSSR count). The topological polar surface area (TPSA) is 42.7 Å². The highest BCUT2D eigenvalue weighted by atomic mass is 19.1. The number of halogens is 2. The second-order valence-electron chi connectivity index (χ2n) is 4.70. The van der Waals surface area contributed by atoms with Crippen LogP contribution < -0.4 is 5.32 Å². The molecular weight excluding hydrogens is 262 g/mol. The highest BCUT2D eigenvalue weighted by molar-refractivity contribution is 5.20. The van der Waals surface area contributed by atoms with E-state index >= 15 is 0 Å². The van der Waals surface area contributed by atoms with Gasteiger partial charge in [0.1, 0.15) is 23.8 Å². The lowest BCUT2D eigenvalue weighted by Gasteiger charge is -2.17. The summed E-state index contributed by atoms with van der Waals surface area (Å²) in [5.74, 6) is -0.233. The molecule has 1 aromatic heterocycles. The molecule has 1 atom stereocenters. The fraction of sp³-hybridized carbons (Fsp3) is 0.429. The van der Waals surface area contributed by atoms with Gasteiger partial charge in [0.05, 0.1) is 0 Å². The van der Waals surface area contributed by atoms with Gasteiger partial charge in [-0.25, -0.2) is 13.8 Å². The van der Waals surface area contributed by atoms with Crippen molar-refractivity contribution in [3.05, 3.63) is 47.5 Å². The number of aromatic nitrogens is 3. The summed E-state index contributed by atoms with van der Waals surface area (Å²) in [4.78, 5) is 4.17. The van der Waals surface area contributed by atoms with E-state index in [9.17, 15) is 8.78 Å². The molecular formula is C14H18F2N4. The molecule has 108 valence electrons. The Labute approximate surface area is 116 Å². The van der Waals surface area contributed by atoms with Gasteiger partial charge in [0.2, 0.25) is 0 Å². The molecule has 0 radical (unpaired) electrons. The average molecular weight is 280 g/mol. The molecule has 0 saturated heterocycles. The van der Waals surface area contributed by atoms with Crippen molar-refractivity contribution in [2.45, 2.75) is 25.8 Å². The molecule has 0 aliphatic rings. The minimum absolute atomic E-state index is 0.0304. The number of likely N-dealkylation sites (N-methyl/N-ethyl adjacent to an activating group) is 1. The average Bonchev–Trinajstić information content (AvgIpc) is 2.79. The van der Waals surface area contributed by atoms with Gasteiger partial charge in [0, 0.05) is 25.6 Å². The lowest BCUT2D eigenvalue weighted by molar-refractivity contribution is 0.485. The van der Waals surface area contributed by atoms with Crippen LogP contribution in [-0.2, 0) is 19.9 Å². The van der Waals surface area contributed by atoms with Crippen LogP contribution >= 0.6 is 0 Å². The molecule has 0 spiro atoms. The highest BCUT2D eigenvalue weighted by Gasteiger charge is 2.15. The van der Waals surface area contributed by atoms with Gasteiger partial charge in [-0.1, -0.05) is 13.0 Å². The van der Waals surface area contributed by atoms with Crippen molar-refractivity contribution in [1.29, 1.82) is 0 Å². The molecule has 0 bridgehead atoms. The van der Waals surface area contributed by atoms with Crippen molar-refractivity contribution in [2.24, 2.45) is 7.05 Å². The Hall–Kier alpha value is -1.82. The number of aryl methyl sites for hydroxylation is 1. The zero-order chi connectivity index (χ0) is 14.5. The van der Waals surface area contributed by atoms with Crippen LogP contribution in [0.15, 0.2) is 24.5 Å². The Balaban J connectivity index is 2.11. The molecule has 0 fully saturated rings. The van der Waals surface area contributed by atoms with Crippen molar-refractivity contribution in [2.75, 3.05) is 6.54 Å². The molecule has 0 aliphatic heterocycles. The van der Waals surface area contributed by atoms with Crippen molar-refractivity contribution in [3.63, 3.8) is 0 Å². The predicted octanol–water partition coefficient (Wildman–Crippen LogP) is 1.86. The Bertz CT molecular complexity index is 568. The largest absolute Gasteiger partial charge is 0.313 e. The number of rotatable bonds is 6. The third kappa shape index (κ3) is 3.60. The third-order valence-electron chi connectivity index (χ3n) is 3.21. The second kappa shape index (κ2) is 6.56. The number of hydrogen-bond donors (Lipinski definition) is 1. The molecule has 0 amide bonds. The van der Waals surface area contributed by atoms with Gasteiger partial charge in [0.15, 0.2) is 0 Å². The first-order valence-corrected chi connectivity index (χ1v) is 6.60. The summed E-state index contributed by atoms with van der Waals surface area (Å²) in [5.41, 5.74) is 0.500. The maximum absolute atomic E-state index is 13.7. The molecule has 0 saturated carbocycles. The second-order valence-corrected chi connectivity index (χ2v) is 4.70. The van der Waals surface area contributed by atoms with Gasteiger partial charge in [-0.15, -0.1) is 0 Å². The maximum atomic E-state index is 13.7. The van der Waals surface area contributed by atoms with Crippen LogP contribution in [0.3, 0.4) is 0 Å². The van der Waals surface area contributed by atoms with Gasteiger partial charge < -0.3 is 5.32 Å². The summed E-state index contributed by atoms with van der Waals surface area (Å²) in [6.07, 6.45) is 2.62. The Morgan fingerprint density at radius 3 is 2.70 bits per heavy atom. The van der Waals surface area contributed by atoms with E-state index in [0.717, 1.165) is 18.4 Å². The monoisotopic (exact) mass is 280 g/mol. The van der Waals surface area contributed by atoms with Crippen LogP contribution in [0.2, 0.25) is 0 Å². The SMILES string of the molecule is CCNC(Cc1ccc(F)cc1F)Cc1ncnn1C. The van der Waals surface area contributed by atoms with Gasteiger partial charge in [-0.05, 0) is 24.6 Å². The van der Waals surface area contributed by atoms with E-state index in [1.165, 1.54) is 18.5 Å². The molecule has 1 N–H and O–H groups in total. The van der Waals surface area contributed by atoms with Gasteiger partial charge in [-0.3, -0.25) is 4.68 Å². The molecule has 0 aliphatic carbocycles.